The molecule has 8 nitrogen and oxygen atoms in total. The fraction of sp³-hybridized carbons (Fsp3) is 0.111. The maximum atomic E-state index is 10.8. The van der Waals surface area contributed by atoms with Gasteiger partial charge in [-0.3, -0.25) is 14.9 Å². The van der Waals surface area contributed by atoms with E-state index >= 15 is 0 Å². The number of anilines is 1. The fourth-order valence-corrected chi connectivity index (χ4v) is 1.19. The van der Waals surface area contributed by atoms with Crippen LogP contribution in [0.15, 0.2) is 12.1 Å². The van der Waals surface area contributed by atoms with Crippen molar-refractivity contribution in [2.75, 3.05) is 5.32 Å². The molecule has 0 fully saturated rings. The molecule has 0 heterocycles. The normalized spacial score (nSPS) is 9.71. The number of phenolic OH excluding ortho intramolecular Hbond substituents is 1. The lowest BCUT2D eigenvalue weighted by molar-refractivity contribution is -0.385. The first kappa shape index (κ1) is 12.4. The number of nitro groups is 1. The number of aromatic hydroxyl groups is 1. The van der Waals surface area contributed by atoms with E-state index in [4.69, 9.17) is 5.11 Å². The second kappa shape index (κ2) is 4.47. The molecule has 0 radical (unpaired) electrons. The van der Waals surface area contributed by atoms with Crippen LogP contribution in [0.5, 0.6) is 5.75 Å². The minimum atomic E-state index is -1.45. The maximum Gasteiger partial charge on any atom is 0.338 e. The van der Waals surface area contributed by atoms with Crippen molar-refractivity contribution in [1.29, 1.82) is 0 Å². The van der Waals surface area contributed by atoms with E-state index in [1.807, 2.05) is 0 Å². The molecule has 0 aliphatic rings. The Morgan fingerprint density at radius 2 is 2.00 bits per heavy atom. The lowest BCUT2D eigenvalue weighted by Gasteiger charge is -2.07. The first-order valence-corrected chi connectivity index (χ1v) is 4.35. The third-order valence-corrected chi connectivity index (χ3v) is 1.85. The summed E-state index contributed by atoms with van der Waals surface area (Å²) >= 11 is 0. The van der Waals surface area contributed by atoms with Gasteiger partial charge in [-0.15, -0.1) is 0 Å². The van der Waals surface area contributed by atoms with Crippen LogP contribution >= 0.6 is 0 Å². The molecule has 1 amide bonds. The largest absolute Gasteiger partial charge is 0.502 e. The summed E-state index contributed by atoms with van der Waals surface area (Å²) in [5, 5.41) is 30.8. The minimum absolute atomic E-state index is 0.201. The van der Waals surface area contributed by atoms with Crippen molar-refractivity contribution in [1.82, 2.24) is 0 Å². The first-order valence-electron chi connectivity index (χ1n) is 4.35. The van der Waals surface area contributed by atoms with Crippen molar-refractivity contribution >= 4 is 23.3 Å². The van der Waals surface area contributed by atoms with Gasteiger partial charge in [0.05, 0.1) is 16.2 Å². The number of nitrogens with zero attached hydrogens (tertiary/aromatic N) is 1. The highest BCUT2D eigenvalue weighted by Gasteiger charge is 2.21. The van der Waals surface area contributed by atoms with E-state index in [2.05, 4.69) is 5.32 Å². The van der Waals surface area contributed by atoms with Crippen LogP contribution in [0.25, 0.3) is 0 Å². The third kappa shape index (κ3) is 2.68. The number of hydrogen-bond donors (Lipinski definition) is 3. The lowest BCUT2D eigenvalue weighted by atomic mass is 10.1. The second-order valence-corrected chi connectivity index (χ2v) is 3.13. The van der Waals surface area contributed by atoms with Crippen molar-refractivity contribution < 1.29 is 24.7 Å². The summed E-state index contributed by atoms with van der Waals surface area (Å²) in [6.45, 7) is 1.14. The molecule has 0 spiro atoms. The van der Waals surface area contributed by atoms with Gasteiger partial charge in [-0.2, -0.15) is 0 Å². The number of carboxylic acids is 1. The SMILES string of the molecule is CC(=O)Nc1cc(O)c([N+](=O)[O-])cc1C(=O)O. The van der Waals surface area contributed by atoms with Crippen LogP contribution in [0.3, 0.4) is 0 Å². The molecule has 0 bridgehead atoms. The van der Waals surface area contributed by atoms with Gasteiger partial charge in [-0.25, -0.2) is 4.79 Å². The zero-order valence-electron chi connectivity index (χ0n) is 8.63. The monoisotopic (exact) mass is 240 g/mol. The zero-order valence-corrected chi connectivity index (χ0v) is 8.63. The number of benzene rings is 1. The maximum absolute atomic E-state index is 10.8. The van der Waals surface area contributed by atoms with E-state index in [0.717, 1.165) is 13.0 Å². The van der Waals surface area contributed by atoms with Gasteiger partial charge in [-0.05, 0) is 0 Å². The third-order valence-electron chi connectivity index (χ3n) is 1.85. The number of rotatable bonds is 3. The molecule has 1 rings (SSSR count). The number of nitro benzene ring substituents is 1. The summed E-state index contributed by atoms with van der Waals surface area (Å²) < 4.78 is 0. The van der Waals surface area contributed by atoms with E-state index in [9.17, 15) is 24.8 Å². The van der Waals surface area contributed by atoms with Crippen LogP contribution in [0.4, 0.5) is 11.4 Å². The highest BCUT2D eigenvalue weighted by Crippen LogP contribution is 2.32. The summed E-state index contributed by atoms with van der Waals surface area (Å²) in [6, 6.07) is 1.51. The van der Waals surface area contributed by atoms with E-state index < -0.39 is 33.8 Å². The smallest absolute Gasteiger partial charge is 0.338 e. The molecule has 0 aliphatic carbocycles. The Morgan fingerprint density at radius 3 is 2.41 bits per heavy atom. The molecular weight excluding hydrogens is 232 g/mol. The first-order chi connectivity index (χ1) is 7.82. The Bertz CT molecular complexity index is 510. The van der Waals surface area contributed by atoms with Crippen molar-refractivity contribution in [3.63, 3.8) is 0 Å². The van der Waals surface area contributed by atoms with Gasteiger partial charge >= 0.3 is 11.7 Å². The van der Waals surface area contributed by atoms with Crippen LogP contribution < -0.4 is 5.32 Å². The van der Waals surface area contributed by atoms with Crippen LogP contribution in [0, 0.1) is 10.1 Å². The molecule has 17 heavy (non-hydrogen) atoms. The molecule has 90 valence electrons. The second-order valence-electron chi connectivity index (χ2n) is 3.13. The van der Waals surface area contributed by atoms with Gasteiger partial charge in [0, 0.05) is 19.1 Å². The zero-order chi connectivity index (χ0) is 13.2. The Labute approximate surface area is 94.6 Å². The molecule has 0 saturated heterocycles. The Balaban J connectivity index is 3.40. The number of carboxylic acid groups (broad SMARTS) is 1. The van der Waals surface area contributed by atoms with E-state index in [1.165, 1.54) is 0 Å². The summed E-state index contributed by atoms with van der Waals surface area (Å²) in [7, 11) is 0. The van der Waals surface area contributed by atoms with Gasteiger partial charge in [0.2, 0.25) is 5.91 Å². The van der Waals surface area contributed by atoms with Crippen molar-refractivity contribution in [2.45, 2.75) is 6.92 Å². The summed E-state index contributed by atoms with van der Waals surface area (Å²) in [4.78, 5) is 31.2. The number of amides is 1. The van der Waals surface area contributed by atoms with Crippen LogP contribution in [-0.2, 0) is 4.79 Å². The Kier molecular flexibility index (Phi) is 3.27. The van der Waals surface area contributed by atoms with E-state index in [1.54, 1.807) is 0 Å². The van der Waals surface area contributed by atoms with Crippen molar-refractivity contribution in [3.05, 3.63) is 27.8 Å². The van der Waals surface area contributed by atoms with Gasteiger partial charge < -0.3 is 15.5 Å². The molecule has 0 aliphatic heterocycles. The van der Waals surface area contributed by atoms with Crippen LogP contribution in [-0.4, -0.2) is 27.0 Å². The Morgan fingerprint density at radius 1 is 1.41 bits per heavy atom. The summed E-state index contributed by atoms with van der Waals surface area (Å²) in [5.74, 6) is -2.72. The van der Waals surface area contributed by atoms with Gasteiger partial charge in [0.25, 0.3) is 0 Å². The lowest BCUT2D eigenvalue weighted by Crippen LogP contribution is -2.11. The molecule has 0 aromatic heterocycles. The molecule has 8 heteroatoms. The molecule has 3 N–H and O–H groups in total. The minimum Gasteiger partial charge on any atom is -0.502 e. The van der Waals surface area contributed by atoms with E-state index in [0.29, 0.717) is 6.07 Å². The number of carbonyl (C=O) groups is 2. The number of hydrogen-bond acceptors (Lipinski definition) is 5. The summed E-state index contributed by atoms with van der Waals surface area (Å²) in [6.07, 6.45) is 0. The molecule has 1 aromatic rings. The topological polar surface area (TPSA) is 130 Å². The fourth-order valence-electron chi connectivity index (χ4n) is 1.19. The highest BCUT2D eigenvalue weighted by molar-refractivity contribution is 6.01. The standard InChI is InChI=1S/C9H8N2O6/c1-4(12)10-6-3-8(13)7(11(16)17)2-5(6)9(14)15/h2-3,13H,1H3,(H,10,12)(H,14,15). The van der Waals surface area contributed by atoms with E-state index in [-0.39, 0.29) is 5.69 Å². The van der Waals surface area contributed by atoms with Crippen molar-refractivity contribution in [2.24, 2.45) is 0 Å². The molecule has 0 unspecified atom stereocenters. The summed E-state index contributed by atoms with van der Waals surface area (Å²) in [5.41, 5.74) is -1.41. The number of nitrogens with one attached hydrogen (secondary N) is 1. The quantitative estimate of drug-likeness (QED) is 0.532. The average Bonchev–Trinajstić information content (AvgIpc) is 2.15. The van der Waals surface area contributed by atoms with Gasteiger partial charge in [0.1, 0.15) is 0 Å². The van der Waals surface area contributed by atoms with Crippen molar-refractivity contribution in [3.8, 4) is 5.75 Å². The van der Waals surface area contributed by atoms with Crippen LogP contribution in [0.1, 0.15) is 17.3 Å². The Hall–Kier alpha value is -2.64. The molecule has 0 saturated carbocycles. The van der Waals surface area contributed by atoms with Gasteiger partial charge in [-0.1, -0.05) is 0 Å². The highest BCUT2D eigenvalue weighted by atomic mass is 16.6. The molecular formula is C9H8N2O6. The molecule has 1 aromatic carbocycles. The number of carbonyl (C=O) groups excluding carboxylic acids is 1. The van der Waals surface area contributed by atoms with Gasteiger partial charge in [0.15, 0.2) is 5.75 Å². The van der Waals surface area contributed by atoms with Crippen LogP contribution in [0.2, 0.25) is 0 Å². The average molecular weight is 240 g/mol. The predicted octanol–water partition coefficient (Wildman–Crippen LogP) is 0.957. The molecule has 0 atom stereocenters. The number of aromatic carboxylic acids is 1. The number of phenols is 1. The predicted molar refractivity (Wildman–Crippen MR) is 56.0 cm³/mol.